The molecule has 2 aromatic rings. The predicted octanol–water partition coefficient (Wildman–Crippen LogP) is 1.13. The highest BCUT2D eigenvalue weighted by atomic mass is 32.2. The standard InChI is InChI=1S/C27H32N6O4S/c1-16(2)19(14-34)33-23-26(37)31(15-32-18-9-5-4-8-17(18)28-29-32)13-7-11-27(23)22(25(33)36)21-20(38-27)10-6-12-30(3)24(21)35/h4-11,16,19-23,34H,12-15H2,1-3H3/t19-,20-,21+,22-,23?,27-/m0/s1. The molecular weight excluding hydrogens is 504 g/mol. The van der Waals surface area contributed by atoms with Gasteiger partial charge in [0, 0.05) is 25.4 Å². The van der Waals surface area contributed by atoms with E-state index in [0.29, 0.717) is 13.1 Å². The number of amides is 3. The first-order valence-electron chi connectivity index (χ1n) is 13.1. The second-order valence-corrected chi connectivity index (χ2v) is 12.4. The van der Waals surface area contributed by atoms with Crippen molar-refractivity contribution in [3.63, 3.8) is 0 Å². The van der Waals surface area contributed by atoms with Gasteiger partial charge in [0.15, 0.2) is 0 Å². The van der Waals surface area contributed by atoms with Gasteiger partial charge in [0.1, 0.15) is 18.2 Å². The van der Waals surface area contributed by atoms with E-state index >= 15 is 0 Å². The summed E-state index contributed by atoms with van der Waals surface area (Å²) in [6.07, 6.45) is 7.93. The van der Waals surface area contributed by atoms with E-state index in [1.165, 1.54) is 0 Å². The summed E-state index contributed by atoms with van der Waals surface area (Å²) in [7, 11) is 1.75. The van der Waals surface area contributed by atoms with Gasteiger partial charge in [-0.05, 0) is 18.1 Å². The number of likely N-dealkylation sites (tertiary alicyclic amines) is 1. The van der Waals surface area contributed by atoms with Gasteiger partial charge in [-0.25, -0.2) is 4.68 Å². The molecule has 10 nitrogen and oxygen atoms in total. The minimum absolute atomic E-state index is 0.0792. The molecule has 1 aromatic carbocycles. The second-order valence-electron chi connectivity index (χ2n) is 10.9. The van der Waals surface area contributed by atoms with Crippen molar-refractivity contribution in [1.29, 1.82) is 0 Å². The first-order valence-corrected chi connectivity index (χ1v) is 13.9. The number of nitrogens with zero attached hydrogens (tertiary/aromatic N) is 6. The van der Waals surface area contributed by atoms with Crippen LogP contribution >= 0.6 is 11.8 Å². The fraction of sp³-hybridized carbons (Fsp3) is 0.519. The second kappa shape index (κ2) is 9.23. The summed E-state index contributed by atoms with van der Waals surface area (Å²) in [5, 5.41) is 18.7. The highest BCUT2D eigenvalue weighted by molar-refractivity contribution is 8.02. The summed E-state index contributed by atoms with van der Waals surface area (Å²) in [6, 6.07) is 6.17. The third-order valence-electron chi connectivity index (χ3n) is 8.42. The van der Waals surface area contributed by atoms with Crippen molar-refractivity contribution in [2.45, 2.75) is 42.6 Å². The van der Waals surface area contributed by atoms with E-state index in [1.54, 1.807) is 38.2 Å². The van der Waals surface area contributed by atoms with Gasteiger partial charge in [-0.15, -0.1) is 16.9 Å². The number of hydrogen-bond donors (Lipinski definition) is 1. The molecule has 0 aliphatic carbocycles. The van der Waals surface area contributed by atoms with Crippen molar-refractivity contribution >= 4 is 40.5 Å². The minimum Gasteiger partial charge on any atom is -0.394 e. The Morgan fingerprint density at radius 1 is 1.11 bits per heavy atom. The van der Waals surface area contributed by atoms with Crippen LogP contribution in [0.15, 0.2) is 48.6 Å². The summed E-state index contributed by atoms with van der Waals surface area (Å²) in [5.74, 6) is -1.87. The molecule has 0 radical (unpaired) electrons. The number of fused-ring (bicyclic) bond motifs is 3. The van der Waals surface area contributed by atoms with Crippen LogP contribution in [0.1, 0.15) is 13.8 Å². The van der Waals surface area contributed by atoms with Crippen LogP contribution in [0, 0.1) is 17.8 Å². The van der Waals surface area contributed by atoms with Crippen LogP contribution in [-0.2, 0) is 21.1 Å². The van der Waals surface area contributed by atoms with E-state index in [9.17, 15) is 19.5 Å². The summed E-state index contributed by atoms with van der Waals surface area (Å²) in [5.41, 5.74) is 1.55. The number of rotatable bonds is 5. The van der Waals surface area contributed by atoms with Crippen molar-refractivity contribution < 1.29 is 19.5 Å². The molecule has 1 N–H and O–H groups in total. The number of carbonyl (C=O) groups excluding carboxylic acids is 3. The number of carbonyl (C=O) groups is 3. The molecule has 4 aliphatic heterocycles. The van der Waals surface area contributed by atoms with Gasteiger partial charge >= 0.3 is 0 Å². The van der Waals surface area contributed by atoms with Crippen LogP contribution in [-0.4, -0.2) is 101 Å². The van der Waals surface area contributed by atoms with Crippen molar-refractivity contribution in [1.82, 2.24) is 29.7 Å². The predicted molar refractivity (Wildman–Crippen MR) is 143 cm³/mol. The molecule has 1 aromatic heterocycles. The Balaban J connectivity index is 1.45. The molecule has 200 valence electrons. The summed E-state index contributed by atoms with van der Waals surface area (Å²) in [6.45, 7) is 4.62. The number of hydrogen-bond acceptors (Lipinski definition) is 7. The first-order chi connectivity index (χ1) is 18.3. The van der Waals surface area contributed by atoms with Crippen LogP contribution in [0.3, 0.4) is 0 Å². The molecule has 4 aliphatic rings. The maximum Gasteiger partial charge on any atom is 0.248 e. The quantitative estimate of drug-likeness (QED) is 0.570. The van der Waals surface area contributed by atoms with E-state index in [0.717, 1.165) is 11.0 Å². The topological polar surface area (TPSA) is 112 Å². The van der Waals surface area contributed by atoms with Gasteiger partial charge in [0.25, 0.3) is 0 Å². The van der Waals surface area contributed by atoms with Crippen LogP contribution in [0.5, 0.6) is 0 Å². The Labute approximate surface area is 225 Å². The molecule has 2 fully saturated rings. The molecule has 6 rings (SSSR count). The van der Waals surface area contributed by atoms with Crippen LogP contribution < -0.4 is 0 Å². The van der Waals surface area contributed by atoms with Gasteiger partial charge in [0.2, 0.25) is 17.7 Å². The third-order valence-corrected chi connectivity index (χ3v) is 10.2. The fourth-order valence-electron chi connectivity index (χ4n) is 6.54. The van der Waals surface area contributed by atoms with E-state index in [-0.39, 0.29) is 42.2 Å². The summed E-state index contributed by atoms with van der Waals surface area (Å²) in [4.78, 5) is 47.3. The Morgan fingerprint density at radius 3 is 2.66 bits per heavy atom. The van der Waals surface area contributed by atoms with Gasteiger partial charge in [-0.2, -0.15) is 0 Å². The number of aliphatic hydroxyl groups excluding tert-OH is 1. The number of para-hydroxylation sites is 1. The largest absolute Gasteiger partial charge is 0.394 e. The van der Waals surface area contributed by atoms with E-state index < -0.39 is 28.7 Å². The SMILES string of the molecule is CC(C)[C@H](CO)N1C(=O)[C@@H]2[C@@H]3C(=O)N(C)CC=C[C@@H]3S[C@@]23C=CCN(Cn2nnc4ccccc42)C(=O)C13. The van der Waals surface area contributed by atoms with Crippen LogP contribution in [0.25, 0.3) is 11.0 Å². The number of thioether (sulfide) groups is 1. The molecular formula is C27H32N6O4S. The zero-order valence-corrected chi connectivity index (χ0v) is 22.5. The molecule has 0 saturated carbocycles. The lowest BCUT2D eigenvalue weighted by molar-refractivity contribution is -0.148. The van der Waals surface area contributed by atoms with Crippen molar-refractivity contribution in [2.24, 2.45) is 17.8 Å². The highest BCUT2D eigenvalue weighted by Gasteiger charge is 2.71. The maximum atomic E-state index is 14.5. The van der Waals surface area contributed by atoms with Crippen molar-refractivity contribution in [3.8, 4) is 0 Å². The summed E-state index contributed by atoms with van der Waals surface area (Å²) < 4.78 is 0.778. The van der Waals surface area contributed by atoms with Crippen molar-refractivity contribution in [3.05, 3.63) is 48.6 Å². The molecule has 11 heteroatoms. The molecule has 2 saturated heterocycles. The summed E-state index contributed by atoms with van der Waals surface area (Å²) >= 11 is 1.54. The molecule has 5 heterocycles. The molecule has 0 bridgehead atoms. The third kappa shape index (κ3) is 3.54. The lowest BCUT2D eigenvalue weighted by Crippen LogP contribution is -2.57. The fourth-order valence-corrected chi connectivity index (χ4v) is 8.53. The average molecular weight is 537 g/mol. The van der Waals surface area contributed by atoms with Gasteiger partial charge in [0.05, 0.1) is 34.7 Å². The van der Waals surface area contributed by atoms with Crippen LogP contribution in [0.4, 0.5) is 0 Å². The van der Waals surface area contributed by atoms with E-state index in [4.69, 9.17) is 0 Å². The Hall–Kier alpha value is -3.18. The Kier molecular flexibility index (Phi) is 6.10. The zero-order valence-electron chi connectivity index (χ0n) is 21.7. The van der Waals surface area contributed by atoms with Gasteiger partial charge < -0.3 is 19.8 Å². The lowest BCUT2D eigenvalue weighted by Gasteiger charge is -2.39. The molecule has 1 spiro atoms. The normalized spacial score (nSPS) is 31.6. The Morgan fingerprint density at radius 2 is 1.89 bits per heavy atom. The van der Waals surface area contributed by atoms with E-state index in [1.807, 2.05) is 62.4 Å². The van der Waals surface area contributed by atoms with Gasteiger partial charge in [-0.1, -0.05) is 55.5 Å². The molecule has 1 unspecified atom stereocenters. The average Bonchev–Trinajstić information content (AvgIpc) is 3.45. The van der Waals surface area contributed by atoms with Gasteiger partial charge in [-0.3, -0.25) is 14.4 Å². The molecule has 3 amide bonds. The van der Waals surface area contributed by atoms with Crippen LogP contribution in [0.2, 0.25) is 0 Å². The van der Waals surface area contributed by atoms with Crippen molar-refractivity contribution in [2.75, 3.05) is 26.7 Å². The number of aromatic nitrogens is 3. The number of aliphatic hydroxyl groups is 1. The highest BCUT2D eigenvalue weighted by Crippen LogP contribution is 2.61. The lowest BCUT2D eigenvalue weighted by atomic mass is 9.78. The maximum absolute atomic E-state index is 14.5. The van der Waals surface area contributed by atoms with E-state index in [2.05, 4.69) is 10.3 Å². The monoisotopic (exact) mass is 536 g/mol. The Bertz CT molecular complexity index is 1360. The minimum atomic E-state index is -0.914. The smallest absolute Gasteiger partial charge is 0.248 e. The zero-order chi connectivity index (χ0) is 26.8. The molecule has 38 heavy (non-hydrogen) atoms. The molecule has 6 atom stereocenters. The number of likely N-dealkylation sites (N-methyl/N-ethyl adjacent to an activating group) is 1. The number of benzene rings is 1. The first kappa shape index (κ1) is 25.1.